The quantitative estimate of drug-likeness (QED) is 0.138. The van der Waals surface area contributed by atoms with Gasteiger partial charge in [0.2, 0.25) is 5.69 Å². The number of aryl methyl sites for hydroxylation is 1. The number of carbonyl (C=O) groups is 1. The van der Waals surface area contributed by atoms with Crippen LogP contribution >= 0.6 is 0 Å². The summed E-state index contributed by atoms with van der Waals surface area (Å²) in [7, 11) is -2.20. The van der Waals surface area contributed by atoms with Gasteiger partial charge >= 0.3 is 5.97 Å². The first-order valence-corrected chi connectivity index (χ1v) is 15.0. The van der Waals surface area contributed by atoms with E-state index in [0.29, 0.717) is 18.1 Å². The lowest BCUT2D eigenvalue weighted by Gasteiger charge is -2.25. The molecule has 3 aromatic rings. The molecule has 39 heavy (non-hydrogen) atoms. The number of benzene rings is 2. The van der Waals surface area contributed by atoms with Gasteiger partial charge in [-0.15, -0.1) is 0 Å². The van der Waals surface area contributed by atoms with Crippen molar-refractivity contribution in [3.63, 3.8) is 0 Å². The number of carboxylic acid groups (broad SMARTS) is 1. The molecule has 0 radical (unpaired) electrons. The first-order chi connectivity index (χ1) is 18.4. The number of fused-ring (bicyclic) bond motifs is 4. The van der Waals surface area contributed by atoms with Crippen LogP contribution in [0.3, 0.4) is 0 Å². The van der Waals surface area contributed by atoms with E-state index < -0.39 is 16.1 Å². The summed E-state index contributed by atoms with van der Waals surface area (Å²) >= 11 is 0. The van der Waals surface area contributed by atoms with Gasteiger partial charge in [0.25, 0.3) is 0 Å². The Balaban J connectivity index is 0.000000771. The van der Waals surface area contributed by atoms with Crippen molar-refractivity contribution in [1.82, 2.24) is 0 Å². The van der Waals surface area contributed by atoms with Crippen LogP contribution in [0.4, 0.5) is 0 Å². The van der Waals surface area contributed by atoms with Crippen molar-refractivity contribution in [2.75, 3.05) is 13.4 Å². The SMILES string of the molecule is CCCCc1cc2c(cc1OC)-c1cc3ccc(O)c(O)c3c[n+]1C(CCCCCC(=O)O)C2.CS(=O)(=O)[O-]. The molecule has 0 spiro atoms. The van der Waals surface area contributed by atoms with Gasteiger partial charge in [0.1, 0.15) is 5.75 Å². The van der Waals surface area contributed by atoms with Crippen molar-refractivity contribution in [2.45, 2.75) is 70.8 Å². The zero-order valence-corrected chi connectivity index (χ0v) is 23.5. The van der Waals surface area contributed by atoms with E-state index in [9.17, 15) is 15.0 Å². The maximum atomic E-state index is 10.8. The predicted octanol–water partition coefficient (Wildman–Crippen LogP) is 4.85. The summed E-state index contributed by atoms with van der Waals surface area (Å²) in [5.41, 5.74) is 4.73. The molecule has 2 heterocycles. The summed E-state index contributed by atoms with van der Waals surface area (Å²) in [4.78, 5) is 10.8. The molecule has 1 aliphatic heterocycles. The molecule has 1 aromatic heterocycles. The summed E-state index contributed by atoms with van der Waals surface area (Å²) in [5.74, 6) is -0.0795. The Morgan fingerprint density at radius 2 is 1.85 bits per heavy atom. The summed E-state index contributed by atoms with van der Waals surface area (Å²) in [6.45, 7) is 2.19. The number of methoxy groups -OCH3 is 1. The fraction of sp³-hybridized carbons (Fsp3) is 0.448. The van der Waals surface area contributed by atoms with Crippen LogP contribution in [0.5, 0.6) is 17.2 Å². The maximum absolute atomic E-state index is 10.8. The molecule has 2 aromatic carbocycles. The maximum Gasteiger partial charge on any atom is 0.303 e. The van der Waals surface area contributed by atoms with E-state index in [4.69, 9.17) is 22.8 Å². The minimum absolute atomic E-state index is 0.105. The van der Waals surface area contributed by atoms with Gasteiger partial charge in [-0.1, -0.05) is 25.8 Å². The first kappa shape index (κ1) is 30.2. The third kappa shape index (κ3) is 8.06. The van der Waals surface area contributed by atoms with E-state index in [1.807, 2.05) is 12.3 Å². The van der Waals surface area contributed by atoms with E-state index in [-0.39, 0.29) is 24.0 Å². The lowest BCUT2D eigenvalue weighted by Crippen LogP contribution is -2.45. The lowest BCUT2D eigenvalue weighted by atomic mass is 9.87. The highest BCUT2D eigenvalue weighted by molar-refractivity contribution is 7.84. The van der Waals surface area contributed by atoms with Crippen molar-refractivity contribution in [3.05, 3.63) is 47.7 Å². The second-order valence-electron chi connectivity index (χ2n) is 9.98. The number of hydrogen-bond acceptors (Lipinski definition) is 7. The Hall–Kier alpha value is -3.37. The second-order valence-corrected chi connectivity index (χ2v) is 11.4. The summed E-state index contributed by atoms with van der Waals surface area (Å²) in [6, 6.07) is 10.0. The standard InChI is InChI=1S/C28H33NO5.CH4O3S/c1-3-4-8-19-13-20-14-21(9-6-5-7-10-27(31)32)29-17-23-18(11-12-25(30)28(23)33)15-24(29)22(20)16-26(19)34-2;1-5(2,3)4/h11-13,15-17,21H,3-10,14H2,1-2H3,(H2,30,31,32);1H3,(H,2,3,4). The monoisotopic (exact) mass is 559 g/mol. The molecule has 0 saturated heterocycles. The van der Waals surface area contributed by atoms with Crippen molar-refractivity contribution in [2.24, 2.45) is 0 Å². The molecule has 1 aliphatic rings. The average Bonchev–Trinajstić information content (AvgIpc) is 2.87. The van der Waals surface area contributed by atoms with Gasteiger partial charge in [0, 0.05) is 31.6 Å². The number of unbranched alkanes of at least 4 members (excludes halogenated alkanes) is 3. The zero-order chi connectivity index (χ0) is 28.7. The first-order valence-electron chi connectivity index (χ1n) is 13.2. The number of phenolic OH excluding ortho intramolecular Hbond substituents is 2. The smallest absolute Gasteiger partial charge is 0.303 e. The molecule has 10 heteroatoms. The number of nitrogens with zero attached hydrogens (tertiary/aromatic N) is 1. The molecular weight excluding hydrogens is 522 g/mol. The van der Waals surface area contributed by atoms with Crippen LogP contribution in [0.15, 0.2) is 36.5 Å². The van der Waals surface area contributed by atoms with Crippen LogP contribution in [0, 0.1) is 0 Å². The Morgan fingerprint density at radius 3 is 2.49 bits per heavy atom. The lowest BCUT2D eigenvalue weighted by molar-refractivity contribution is -0.714. The number of aromatic nitrogens is 1. The van der Waals surface area contributed by atoms with Gasteiger partial charge in [0.05, 0.1) is 28.2 Å². The number of carboxylic acids is 1. The topological polar surface area (TPSA) is 148 Å². The normalized spacial score (nSPS) is 14.2. The van der Waals surface area contributed by atoms with Crippen LogP contribution in [0.25, 0.3) is 22.0 Å². The minimum atomic E-state index is -3.92. The molecule has 0 amide bonds. The Morgan fingerprint density at radius 1 is 1.13 bits per heavy atom. The molecule has 0 saturated carbocycles. The predicted molar refractivity (Wildman–Crippen MR) is 147 cm³/mol. The number of aromatic hydroxyl groups is 2. The number of aliphatic carboxylic acids is 1. The van der Waals surface area contributed by atoms with Crippen molar-refractivity contribution < 1.29 is 42.4 Å². The zero-order valence-electron chi connectivity index (χ0n) is 22.6. The number of hydrogen-bond donors (Lipinski definition) is 3. The summed E-state index contributed by atoms with van der Waals surface area (Å²) < 4.78 is 35.2. The number of ether oxygens (including phenoxy) is 1. The van der Waals surface area contributed by atoms with Gasteiger partial charge in [-0.2, -0.15) is 4.57 Å². The Labute approximate surface area is 229 Å². The van der Waals surface area contributed by atoms with Crippen molar-refractivity contribution in [1.29, 1.82) is 0 Å². The van der Waals surface area contributed by atoms with Crippen LogP contribution in [0.1, 0.15) is 69.0 Å². The Kier molecular flexibility index (Phi) is 10.2. The highest BCUT2D eigenvalue weighted by atomic mass is 32.2. The van der Waals surface area contributed by atoms with Crippen molar-refractivity contribution >= 4 is 26.9 Å². The highest BCUT2D eigenvalue weighted by Crippen LogP contribution is 2.40. The largest absolute Gasteiger partial charge is 0.748 e. The second kappa shape index (κ2) is 13.1. The molecule has 212 valence electrons. The van der Waals surface area contributed by atoms with E-state index in [1.165, 1.54) is 17.2 Å². The number of phenols is 2. The minimum Gasteiger partial charge on any atom is -0.748 e. The van der Waals surface area contributed by atoms with Crippen LogP contribution in [-0.4, -0.2) is 47.6 Å². The van der Waals surface area contributed by atoms with E-state index in [0.717, 1.165) is 67.3 Å². The third-order valence-electron chi connectivity index (χ3n) is 6.93. The average molecular weight is 560 g/mol. The van der Waals surface area contributed by atoms with E-state index in [1.54, 1.807) is 7.11 Å². The fourth-order valence-electron chi connectivity index (χ4n) is 5.08. The molecule has 0 bridgehead atoms. The molecule has 9 nitrogen and oxygen atoms in total. The van der Waals surface area contributed by atoms with E-state index >= 15 is 0 Å². The molecule has 0 fully saturated rings. The molecule has 3 N–H and O–H groups in total. The molecule has 4 rings (SSSR count). The van der Waals surface area contributed by atoms with Gasteiger partial charge in [-0.25, -0.2) is 8.42 Å². The number of rotatable bonds is 10. The summed E-state index contributed by atoms with van der Waals surface area (Å²) in [6.07, 6.45) is 10.2. The van der Waals surface area contributed by atoms with Gasteiger partial charge in [-0.05, 0) is 60.4 Å². The summed E-state index contributed by atoms with van der Waals surface area (Å²) in [5, 5.41) is 30.9. The molecule has 1 atom stereocenters. The van der Waals surface area contributed by atoms with Gasteiger partial charge in [-0.3, -0.25) is 4.79 Å². The molecule has 0 aliphatic carbocycles. The third-order valence-corrected chi connectivity index (χ3v) is 6.93. The fourth-order valence-corrected chi connectivity index (χ4v) is 5.08. The number of pyridine rings is 1. The van der Waals surface area contributed by atoms with E-state index in [2.05, 4.69) is 29.7 Å². The highest BCUT2D eigenvalue weighted by Gasteiger charge is 2.33. The van der Waals surface area contributed by atoms with Crippen LogP contribution < -0.4 is 9.30 Å². The van der Waals surface area contributed by atoms with Crippen molar-refractivity contribution in [3.8, 4) is 28.5 Å². The Bertz CT molecular complexity index is 1430. The molecular formula is C29H37NO8S. The molecule has 1 unspecified atom stereocenters. The van der Waals surface area contributed by atoms with Gasteiger partial charge in [0.15, 0.2) is 23.7 Å². The van der Waals surface area contributed by atoms with Crippen LogP contribution in [-0.2, 0) is 27.8 Å². The van der Waals surface area contributed by atoms with Crippen LogP contribution in [0.2, 0.25) is 0 Å². The van der Waals surface area contributed by atoms with Gasteiger partial charge < -0.3 is 24.6 Å².